The summed E-state index contributed by atoms with van der Waals surface area (Å²) in [5.41, 5.74) is -0.159. The van der Waals surface area contributed by atoms with Crippen LogP contribution in [0, 0.1) is 10.1 Å². The Morgan fingerprint density at radius 2 is 1.90 bits per heavy atom. The number of thioether (sulfide) groups is 1. The van der Waals surface area contributed by atoms with Gasteiger partial charge in [0.1, 0.15) is 6.04 Å². The van der Waals surface area contributed by atoms with Crippen molar-refractivity contribution in [2.75, 3.05) is 22.9 Å². The van der Waals surface area contributed by atoms with Gasteiger partial charge in [0, 0.05) is 29.3 Å². The standard InChI is InChI=1S/C19H23N3O5S2/c1-3-18(19(23)20-12-13-28-17-10-5-4-6-11-17)21(29(2,26)27)15-8-7-9-16(14-15)22(24)25/h4-11,14,18H,3,12-13H2,1-2H3,(H,20,23). The van der Waals surface area contributed by atoms with Gasteiger partial charge in [0.15, 0.2) is 0 Å². The molecule has 8 nitrogen and oxygen atoms in total. The lowest BCUT2D eigenvalue weighted by atomic mass is 10.2. The molecule has 0 heterocycles. The third kappa shape index (κ3) is 6.47. The normalized spacial score (nSPS) is 12.2. The van der Waals surface area contributed by atoms with E-state index in [2.05, 4.69) is 5.32 Å². The molecule has 0 aromatic heterocycles. The monoisotopic (exact) mass is 437 g/mol. The first kappa shape index (κ1) is 22.7. The van der Waals surface area contributed by atoms with E-state index in [1.165, 1.54) is 18.2 Å². The van der Waals surface area contributed by atoms with Crippen LogP contribution < -0.4 is 9.62 Å². The number of non-ortho nitro benzene ring substituents is 1. The topological polar surface area (TPSA) is 110 Å². The zero-order valence-electron chi connectivity index (χ0n) is 16.1. The number of hydrogen-bond donors (Lipinski definition) is 1. The highest BCUT2D eigenvalue weighted by Crippen LogP contribution is 2.26. The third-order valence-corrected chi connectivity index (χ3v) is 6.23. The zero-order chi connectivity index (χ0) is 21.4. The highest BCUT2D eigenvalue weighted by atomic mass is 32.2. The number of hydrogen-bond acceptors (Lipinski definition) is 6. The number of carbonyl (C=O) groups is 1. The molecule has 2 rings (SSSR count). The Morgan fingerprint density at radius 3 is 2.48 bits per heavy atom. The molecule has 0 spiro atoms. The minimum absolute atomic E-state index is 0.0855. The highest BCUT2D eigenvalue weighted by molar-refractivity contribution is 7.99. The fourth-order valence-electron chi connectivity index (χ4n) is 2.78. The average Bonchev–Trinajstić information content (AvgIpc) is 2.69. The summed E-state index contributed by atoms with van der Waals surface area (Å²) < 4.78 is 25.8. The van der Waals surface area contributed by atoms with Crippen molar-refractivity contribution in [3.63, 3.8) is 0 Å². The lowest BCUT2D eigenvalue weighted by molar-refractivity contribution is -0.384. The maximum absolute atomic E-state index is 12.7. The van der Waals surface area contributed by atoms with Gasteiger partial charge >= 0.3 is 0 Å². The minimum Gasteiger partial charge on any atom is -0.353 e. The minimum atomic E-state index is -3.85. The Labute approximate surface area is 174 Å². The molecule has 0 saturated heterocycles. The molecule has 156 valence electrons. The van der Waals surface area contributed by atoms with Gasteiger partial charge in [0.2, 0.25) is 15.9 Å². The van der Waals surface area contributed by atoms with Crippen molar-refractivity contribution in [1.82, 2.24) is 5.32 Å². The Bertz CT molecular complexity index is 951. The van der Waals surface area contributed by atoms with Crippen LogP contribution in [0.4, 0.5) is 11.4 Å². The van der Waals surface area contributed by atoms with Crippen LogP contribution in [0.2, 0.25) is 0 Å². The predicted octanol–water partition coefficient (Wildman–Crippen LogP) is 3.05. The fraction of sp³-hybridized carbons (Fsp3) is 0.316. The largest absolute Gasteiger partial charge is 0.353 e. The van der Waals surface area contributed by atoms with Gasteiger partial charge in [-0.1, -0.05) is 31.2 Å². The first-order valence-electron chi connectivity index (χ1n) is 8.93. The first-order valence-corrected chi connectivity index (χ1v) is 11.8. The van der Waals surface area contributed by atoms with E-state index in [9.17, 15) is 23.3 Å². The number of sulfonamides is 1. The molecule has 10 heteroatoms. The van der Waals surface area contributed by atoms with Crippen LogP contribution in [0.15, 0.2) is 59.5 Å². The van der Waals surface area contributed by atoms with Gasteiger partial charge in [-0.3, -0.25) is 19.2 Å². The summed E-state index contributed by atoms with van der Waals surface area (Å²) in [4.78, 5) is 24.2. The number of rotatable bonds is 10. The van der Waals surface area contributed by atoms with Gasteiger partial charge in [-0.05, 0) is 24.6 Å². The summed E-state index contributed by atoms with van der Waals surface area (Å²) in [6.07, 6.45) is 1.19. The van der Waals surface area contributed by atoms with Crippen molar-refractivity contribution in [3.8, 4) is 0 Å². The van der Waals surface area contributed by atoms with Crippen molar-refractivity contribution < 1.29 is 18.1 Å². The molecule has 0 bridgehead atoms. The van der Waals surface area contributed by atoms with Crippen LogP contribution in [0.25, 0.3) is 0 Å². The van der Waals surface area contributed by atoms with Crippen LogP contribution in [0.3, 0.4) is 0 Å². The van der Waals surface area contributed by atoms with Gasteiger partial charge in [0.05, 0.1) is 16.9 Å². The van der Waals surface area contributed by atoms with E-state index in [0.29, 0.717) is 12.3 Å². The number of amides is 1. The van der Waals surface area contributed by atoms with E-state index in [-0.39, 0.29) is 17.8 Å². The second-order valence-electron chi connectivity index (χ2n) is 6.21. The quantitative estimate of drug-likeness (QED) is 0.265. The maximum Gasteiger partial charge on any atom is 0.271 e. The highest BCUT2D eigenvalue weighted by Gasteiger charge is 2.32. The lowest BCUT2D eigenvalue weighted by Gasteiger charge is -2.30. The molecule has 0 aliphatic heterocycles. The Morgan fingerprint density at radius 1 is 1.21 bits per heavy atom. The summed E-state index contributed by atoms with van der Waals surface area (Å²) in [6, 6.07) is 14.0. The van der Waals surface area contributed by atoms with E-state index >= 15 is 0 Å². The number of nitro groups is 1. The summed E-state index contributed by atoms with van der Waals surface area (Å²) in [7, 11) is -3.85. The fourth-order valence-corrected chi connectivity index (χ4v) is 4.77. The van der Waals surface area contributed by atoms with Crippen LogP contribution >= 0.6 is 11.8 Å². The van der Waals surface area contributed by atoms with Gasteiger partial charge in [-0.15, -0.1) is 11.8 Å². The summed E-state index contributed by atoms with van der Waals surface area (Å²) in [5.74, 6) is 0.181. The second kappa shape index (κ2) is 10.3. The molecule has 29 heavy (non-hydrogen) atoms. The molecule has 2 aromatic carbocycles. The molecule has 0 radical (unpaired) electrons. The Hall–Kier alpha value is -2.59. The molecule has 1 amide bonds. The van der Waals surface area contributed by atoms with Crippen LogP contribution in [-0.4, -0.2) is 43.8 Å². The van der Waals surface area contributed by atoms with Crippen LogP contribution in [0.5, 0.6) is 0 Å². The predicted molar refractivity (Wildman–Crippen MR) is 115 cm³/mol. The molecule has 1 N–H and O–H groups in total. The average molecular weight is 438 g/mol. The SMILES string of the molecule is CCC(C(=O)NCCSc1ccccc1)N(c1cccc([N+](=O)[O-])c1)S(C)(=O)=O. The van der Waals surface area contributed by atoms with Crippen LogP contribution in [0.1, 0.15) is 13.3 Å². The third-order valence-electron chi connectivity index (χ3n) is 4.04. The summed E-state index contributed by atoms with van der Waals surface area (Å²) in [5, 5.41) is 13.8. The summed E-state index contributed by atoms with van der Waals surface area (Å²) in [6.45, 7) is 2.06. The molecule has 0 fully saturated rings. The number of benzene rings is 2. The van der Waals surface area contributed by atoms with E-state index in [1.807, 2.05) is 30.3 Å². The number of anilines is 1. The number of nitrogens with one attached hydrogen (secondary N) is 1. The van der Waals surface area contributed by atoms with E-state index < -0.39 is 26.9 Å². The first-order chi connectivity index (χ1) is 13.7. The van der Waals surface area contributed by atoms with Gasteiger partial charge in [0.25, 0.3) is 5.69 Å². The maximum atomic E-state index is 12.7. The number of nitrogens with zero attached hydrogens (tertiary/aromatic N) is 2. The zero-order valence-corrected chi connectivity index (χ0v) is 17.8. The van der Waals surface area contributed by atoms with Gasteiger partial charge in [-0.2, -0.15) is 0 Å². The van der Waals surface area contributed by atoms with E-state index in [4.69, 9.17) is 0 Å². The molecule has 1 unspecified atom stereocenters. The lowest BCUT2D eigenvalue weighted by Crippen LogP contribution is -2.49. The number of nitro benzene ring substituents is 1. The van der Waals surface area contributed by atoms with Crippen LogP contribution in [-0.2, 0) is 14.8 Å². The van der Waals surface area contributed by atoms with E-state index in [0.717, 1.165) is 21.5 Å². The van der Waals surface area contributed by atoms with E-state index in [1.54, 1.807) is 18.7 Å². The molecule has 1 atom stereocenters. The molecular formula is C19H23N3O5S2. The number of carbonyl (C=O) groups excluding carboxylic acids is 1. The smallest absolute Gasteiger partial charge is 0.271 e. The van der Waals surface area contributed by atoms with Gasteiger partial charge in [-0.25, -0.2) is 8.42 Å². The van der Waals surface area contributed by atoms with Crippen molar-refractivity contribution >= 4 is 39.1 Å². The summed E-state index contributed by atoms with van der Waals surface area (Å²) >= 11 is 1.58. The molecule has 0 aliphatic carbocycles. The van der Waals surface area contributed by atoms with Crippen molar-refractivity contribution in [3.05, 3.63) is 64.7 Å². The van der Waals surface area contributed by atoms with Crippen molar-refractivity contribution in [1.29, 1.82) is 0 Å². The Balaban J connectivity index is 2.13. The van der Waals surface area contributed by atoms with Crippen molar-refractivity contribution in [2.45, 2.75) is 24.3 Å². The van der Waals surface area contributed by atoms with Gasteiger partial charge < -0.3 is 5.32 Å². The second-order valence-corrected chi connectivity index (χ2v) is 9.24. The molecular weight excluding hydrogens is 414 g/mol. The Kier molecular flexibility index (Phi) is 8.03. The molecule has 2 aromatic rings. The van der Waals surface area contributed by atoms with Crippen molar-refractivity contribution in [2.24, 2.45) is 0 Å². The molecule has 0 aliphatic rings. The molecule has 0 saturated carbocycles.